The summed E-state index contributed by atoms with van der Waals surface area (Å²) in [7, 11) is -3.84. The topological polar surface area (TPSA) is 211 Å². The molecule has 0 fully saturated rings. The van der Waals surface area contributed by atoms with Crippen LogP contribution in [-0.2, 0) is 50.3 Å². The Bertz CT molecular complexity index is 5310. The van der Waals surface area contributed by atoms with Gasteiger partial charge in [-0.3, -0.25) is 9.54 Å². The molecule has 2 radical (unpaired) electrons. The maximum atomic E-state index is 10.7. The summed E-state index contributed by atoms with van der Waals surface area (Å²) in [6, 6.07) is 61.4. The number of aromatic nitrogens is 7. The molecular weight excluding hydrogens is 1670 g/mol. The van der Waals surface area contributed by atoms with E-state index in [0.29, 0.717) is 61.8 Å². The number of hydrogen-bond donors (Lipinski definition) is 3. The second-order valence-electron chi connectivity index (χ2n) is 22.5. The van der Waals surface area contributed by atoms with Crippen molar-refractivity contribution in [2.75, 3.05) is 14.2 Å². The monoisotopic (exact) mass is 1760 g/mol. The number of hydrogen-bond acceptors (Lipinski definition) is 13. The van der Waals surface area contributed by atoms with Gasteiger partial charge in [0.25, 0.3) is 0 Å². The third-order valence-corrected chi connectivity index (χ3v) is 15.6. The molecule has 5 aromatic carbocycles. The van der Waals surface area contributed by atoms with Crippen molar-refractivity contribution < 1.29 is 102 Å². The van der Waals surface area contributed by atoms with Gasteiger partial charge < -0.3 is 39.0 Å². The number of para-hydroxylation sites is 1. The Balaban J connectivity index is 0.000000249. The van der Waals surface area contributed by atoms with Crippen molar-refractivity contribution in [1.82, 2.24) is 34.9 Å². The average molecular weight is 1760 g/mol. The van der Waals surface area contributed by atoms with Crippen LogP contribution in [0.15, 0.2) is 210 Å². The predicted octanol–water partition coefficient (Wildman–Crippen LogP) is 19.9. The van der Waals surface area contributed by atoms with Crippen molar-refractivity contribution in [3.05, 3.63) is 281 Å². The number of nitrogens with zero attached hydrogens (tertiary/aromatic N) is 7. The van der Waals surface area contributed by atoms with Crippen molar-refractivity contribution in [3.8, 4) is 56.3 Å². The van der Waals surface area contributed by atoms with Gasteiger partial charge >= 0.3 is 15.6 Å². The molecule has 14 aromatic rings. The molecule has 9 heterocycles. The molecule has 0 unspecified atom stereocenters. The fourth-order valence-corrected chi connectivity index (χ4v) is 9.57. The van der Waals surface area contributed by atoms with Crippen molar-refractivity contribution in [1.29, 1.82) is 0 Å². The molecule has 0 aliphatic carbocycles. The second kappa shape index (κ2) is 39.2. The average Bonchev–Trinajstić information content (AvgIpc) is 1.67. The molecule has 14 nitrogen and oxygen atoms in total. The molecule has 0 saturated carbocycles. The first-order valence-corrected chi connectivity index (χ1v) is 32.3. The van der Waals surface area contributed by atoms with E-state index in [2.05, 4.69) is 79.1 Å². The standard InChI is InChI=1S/C20H18N2O.C20H17N2O.3C13H12N.CHF3O3S.2CH4O.2Ir/c2*1-12(2)17-11-22-18(10-13(17)3)16-7-4-6-14-15-8-5-9-21-20(15)23-19(14)16;3*1-10-8-13(14-9-11(10)2)12-6-4-3-5-7-12;2-1(3,4)8(5,6)7;2*1-2;;/h4-12H,1-3H3;4-6,8-12H,1-3H3;3*3-6,8-9H,1-2H3;(H,5,6,7);2*2H,1H3;;/q;4*-1;;;;;/i2*3D3;2*2D3;;;;;;. The van der Waals surface area contributed by atoms with E-state index >= 15 is 0 Å². The van der Waals surface area contributed by atoms with Crippen LogP contribution in [0, 0.1) is 79.4 Å². The molecule has 0 spiro atoms. The number of aliphatic hydroxyl groups is 2. The van der Waals surface area contributed by atoms with Gasteiger partial charge in [0.15, 0.2) is 0 Å². The molecule has 0 saturated heterocycles. The third kappa shape index (κ3) is 21.8. The van der Waals surface area contributed by atoms with E-state index in [0.717, 1.165) is 97.4 Å². The van der Waals surface area contributed by atoms with Crippen LogP contribution in [-0.4, -0.2) is 77.8 Å². The Hall–Kier alpha value is -9.33. The zero-order chi connectivity index (χ0) is 82.8. The number of pyridine rings is 7. The largest absolute Gasteiger partial charge is 0.522 e. The summed E-state index contributed by atoms with van der Waals surface area (Å²) >= 11 is 0. The second-order valence-corrected chi connectivity index (χ2v) is 23.9. The quantitative estimate of drug-likeness (QED) is 0.0770. The van der Waals surface area contributed by atoms with Crippen molar-refractivity contribution in [2.24, 2.45) is 0 Å². The Kier molecular flexibility index (Phi) is 25.3. The smallest absolute Gasteiger partial charge is 0.486 e. The fourth-order valence-electron chi connectivity index (χ4n) is 9.57. The molecule has 20 heteroatoms. The fraction of sp³-hybridized carbons (Fsp3) is 0.207. The van der Waals surface area contributed by atoms with Gasteiger partial charge in [0, 0.05) is 136 Å². The molecule has 0 bridgehead atoms. The number of aryl methyl sites for hydroxylation is 8. The minimum atomic E-state index is -5.84. The molecule has 0 aliphatic rings. The maximum Gasteiger partial charge on any atom is 0.522 e. The van der Waals surface area contributed by atoms with E-state index in [1.807, 2.05) is 155 Å². The molecule has 0 aliphatic heterocycles. The summed E-state index contributed by atoms with van der Waals surface area (Å²) in [4.78, 5) is 30.3. The van der Waals surface area contributed by atoms with Crippen LogP contribution in [0.2, 0.25) is 0 Å². The first-order chi connectivity index (χ1) is 52.7. The van der Waals surface area contributed by atoms with Crippen LogP contribution in [0.3, 0.4) is 0 Å². The number of benzene rings is 5. The third-order valence-electron chi connectivity index (χ3n) is 15.0. The summed E-state index contributed by atoms with van der Waals surface area (Å²) in [6.07, 6.45) is 11.4. The summed E-state index contributed by atoms with van der Waals surface area (Å²) in [5.41, 5.74) is 11.3. The molecule has 102 heavy (non-hydrogen) atoms. The molecule has 14 rings (SSSR count). The molecule has 0 atom stereocenters. The predicted molar refractivity (Wildman–Crippen MR) is 394 cm³/mol. The summed E-state index contributed by atoms with van der Waals surface area (Å²) < 4.78 is 161. The SMILES string of the molecule is CO.CO.Cc1cnc(-c2[c-]cccc2)cc1C.O=S(=O)(O)C(F)(F)F.[2H]C([2H])([2H])c1cc(-c2[c-]ccc3c2oc2ncccc23)ncc1C(C)C.[2H]C([2H])([2H])c1cc(-c2cccc3c2oc2ncccc23)ncc1C(C)C.[2H]C([2H])([2H])c1cnc(-c2[c-]cccc2)cc1C.[2H]C([2H])([2H])c1cnc(-c2[c-]cccc2)cc1C.[Ir].[Ir]. The van der Waals surface area contributed by atoms with Gasteiger partial charge in [0.2, 0.25) is 11.4 Å². The van der Waals surface area contributed by atoms with E-state index in [-0.39, 0.29) is 52.0 Å². The Labute approximate surface area is 639 Å². The van der Waals surface area contributed by atoms with Gasteiger partial charge in [-0.1, -0.05) is 97.3 Å². The van der Waals surface area contributed by atoms with Crippen molar-refractivity contribution in [3.63, 3.8) is 0 Å². The van der Waals surface area contributed by atoms with Gasteiger partial charge in [-0.25, -0.2) is 9.97 Å². The molecule has 9 aromatic heterocycles. The Morgan fingerprint density at radius 1 is 0.422 bits per heavy atom. The van der Waals surface area contributed by atoms with E-state index in [4.69, 9.17) is 48.5 Å². The molecule has 534 valence electrons. The zero-order valence-corrected chi connectivity index (χ0v) is 62.6. The van der Waals surface area contributed by atoms with Crippen LogP contribution in [0.5, 0.6) is 0 Å². The maximum absolute atomic E-state index is 10.7. The number of aliphatic hydroxyl groups excluding tert-OH is 2. The van der Waals surface area contributed by atoms with Crippen LogP contribution in [0.4, 0.5) is 13.2 Å². The summed E-state index contributed by atoms with van der Waals surface area (Å²) in [5, 5.41) is 17.7. The van der Waals surface area contributed by atoms with Crippen molar-refractivity contribution in [2.45, 2.75) is 100 Å². The van der Waals surface area contributed by atoms with Gasteiger partial charge in [0.05, 0.1) is 11.3 Å². The molecular formula is C82H80F3Ir2N7O7S-4. The van der Waals surface area contributed by atoms with E-state index in [1.54, 1.807) is 69.0 Å². The Morgan fingerprint density at radius 2 is 0.794 bits per heavy atom. The van der Waals surface area contributed by atoms with Gasteiger partial charge in [-0.2, -0.15) is 21.6 Å². The Morgan fingerprint density at radius 3 is 1.19 bits per heavy atom. The van der Waals surface area contributed by atoms with Crippen LogP contribution >= 0.6 is 0 Å². The number of furan rings is 2. The van der Waals surface area contributed by atoms with E-state index in [9.17, 15) is 13.2 Å². The van der Waals surface area contributed by atoms with Crippen LogP contribution in [0.1, 0.15) is 112 Å². The van der Waals surface area contributed by atoms with E-state index in [1.165, 1.54) is 23.5 Å². The number of rotatable bonds is 7. The van der Waals surface area contributed by atoms with Gasteiger partial charge in [0.1, 0.15) is 5.58 Å². The van der Waals surface area contributed by atoms with E-state index < -0.39 is 43.0 Å². The first kappa shape index (κ1) is 65.9. The number of fused-ring (bicyclic) bond motifs is 6. The molecule has 0 amide bonds. The number of alkyl halides is 3. The van der Waals surface area contributed by atoms with Crippen LogP contribution < -0.4 is 0 Å². The normalized spacial score (nSPS) is 12.9. The minimum absolute atomic E-state index is 0. The van der Waals surface area contributed by atoms with Crippen molar-refractivity contribution >= 4 is 54.3 Å². The summed E-state index contributed by atoms with van der Waals surface area (Å²) in [5.74, 6) is 0.153. The number of halogens is 3. The van der Waals surface area contributed by atoms with Crippen LogP contribution in [0.25, 0.3) is 100 Å². The summed E-state index contributed by atoms with van der Waals surface area (Å²) in [6.45, 7) is 7.01. The van der Waals surface area contributed by atoms with Gasteiger partial charge in [-0.15, -0.1) is 126 Å². The first-order valence-electron chi connectivity index (χ1n) is 36.9. The minimum Gasteiger partial charge on any atom is -0.486 e. The zero-order valence-electron chi connectivity index (χ0n) is 69.0. The molecule has 3 N–H and O–H groups in total. The van der Waals surface area contributed by atoms with Gasteiger partial charge in [-0.05, 0) is 159 Å².